The van der Waals surface area contributed by atoms with Gasteiger partial charge in [0.05, 0.1) is 19.8 Å². The molecule has 0 atom stereocenters. The molecule has 0 saturated carbocycles. The van der Waals surface area contributed by atoms with E-state index >= 15 is 0 Å². The van der Waals surface area contributed by atoms with Crippen LogP contribution in [0.3, 0.4) is 0 Å². The van der Waals surface area contributed by atoms with Crippen molar-refractivity contribution in [2.45, 2.75) is 6.61 Å². The van der Waals surface area contributed by atoms with Gasteiger partial charge in [-0.25, -0.2) is 4.98 Å². The number of carbonyl (C=O) groups excluding carboxylic acids is 1. The number of pyridine rings is 1. The lowest BCUT2D eigenvalue weighted by Crippen LogP contribution is -2.01. The lowest BCUT2D eigenvalue weighted by atomic mass is 10.2. The number of rotatable bonds is 6. The van der Waals surface area contributed by atoms with E-state index in [1.165, 1.54) is 7.11 Å². The molecule has 0 aliphatic rings. The summed E-state index contributed by atoms with van der Waals surface area (Å²) in [5, 5.41) is 0. The number of aromatic nitrogens is 1. The monoisotopic (exact) mass is 273 g/mol. The van der Waals surface area contributed by atoms with Crippen LogP contribution >= 0.6 is 0 Å². The minimum atomic E-state index is 0.299. The highest BCUT2D eigenvalue weighted by Crippen LogP contribution is 2.29. The molecular formula is C15H15NO4. The molecule has 1 aromatic heterocycles. The second-order valence-corrected chi connectivity index (χ2v) is 3.99. The first-order valence-electron chi connectivity index (χ1n) is 6.02. The van der Waals surface area contributed by atoms with Gasteiger partial charge in [0.15, 0.2) is 11.5 Å². The van der Waals surface area contributed by atoms with Crippen molar-refractivity contribution in [1.82, 2.24) is 4.98 Å². The molecule has 0 N–H and O–H groups in total. The third kappa shape index (κ3) is 3.06. The van der Waals surface area contributed by atoms with Crippen molar-refractivity contribution >= 4 is 6.29 Å². The molecule has 1 heterocycles. The van der Waals surface area contributed by atoms with Crippen LogP contribution in [0.1, 0.15) is 15.9 Å². The normalized spacial score (nSPS) is 9.90. The van der Waals surface area contributed by atoms with Gasteiger partial charge in [-0.15, -0.1) is 0 Å². The number of aldehydes is 1. The fourth-order valence-corrected chi connectivity index (χ4v) is 1.75. The van der Waals surface area contributed by atoms with Crippen LogP contribution in [0.15, 0.2) is 36.5 Å². The Labute approximate surface area is 117 Å². The Bertz CT molecular complexity index is 598. The molecule has 0 fully saturated rings. The van der Waals surface area contributed by atoms with E-state index < -0.39 is 0 Å². The van der Waals surface area contributed by atoms with E-state index in [-0.39, 0.29) is 0 Å². The maximum Gasteiger partial charge on any atom is 0.219 e. The Morgan fingerprint density at radius 1 is 1.15 bits per heavy atom. The number of ether oxygens (including phenoxy) is 3. The summed E-state index contributed by atoms with van der Waals surface area (Å²) < 4.78 is 16.1. The summed E-state index contributed by atoms with van der Waals surface area (Å²) in [6, 6.07) is 8.69. The van der Waals surface area contributed by atoms with E-state index in [2.05, 4.69) is 4.98 Å². The molecule has 0 spiro atoms. The van der Waals surface area contributed by atoms with Gasteiger partial charge < -0.3 is 14.2 Å². The maximum absolute atomic E-state index is 10.7. The molecule has 0 aliphatic carbocycles. The smallest absolute Gasteiger partial charge is 0.219 e. The lowest BCUT2D eigenvalue weighted by molar-refractivity contribution is 0.112. The van der Waals surface area contributed by atoms with Crippen LogP contribution in [0.5, 0.6) is 17.4 Å². The molecule has 2 rings (SSSR count). The third-order valence-corrected chi connectivity index (χ3v) is 2.75. The summed E-state index contributed by atoms with van der Waals surface area (Å²) in [6.07, 6.45) is 2.41. The molecule has 0 bridgehead atoms. The van der Waals surface area contributed by atoms with Crippen molar-refractivity contribution in [2.24, 2.45) is 0 Å². The number of carbonyl (C=O) groups is 1. The van der Waals surface area contributed by atoms with Crippen LogP contribution in [0.25, 0.3) is 0 Å². The third-order valence-electron chi connectivity index (χ3n) is 2.75. The Balaban J connectivity index is 2.16. The topological polar surface area (TPSA) is 57.7 Å². The second-order valence-electron chi connectivity index (χ2n) is 3.99. The average molecular weight is 273 g/mol. The highest BCUT2D eigenvalue weighted by atomic mass is 16.5. The number of methoxy groups -OCH3 is 2. The van der Waals surface area contributed by atoms with E-state index in [9.17, 15) is 4.79 Å². The van der Waals surface area contributed by atoms with Gasteiger partial charge in [-0.3, -0.25) is 4.79 Å². The van der Waals surface area contributed by atoms with Crippen LogP contribution in [-0.2, 0) is 6.61 Å². The number of hydrogen-bond acceptors (Lipinski definition) is 5. The van der Waals surface area contributed by atoms with E-state index in [4.69, 9.17) is 14.2 Å². The first-order valence-corrected chi connectivity index (χ1v) is 6.02. The van der Waals surface area contributed by atoms with E-state index in [1.54, 1.807) is 31.5 Å². The van der Waals surface area contributed by atoms with E-state index in [1.807, 2.05) is 12.1 Å². The van der Waals surface area contributed by atoms with Gasteiger partial charge in [-0.1, -0.05) is 0 Å². The van der Waals surface area contributed by atoms with Crippen molar-refractivity contribution in [3.05, 3.63) is 47.7 Å². The van der Waals surface area contributed by atoms with Gasteiger partial charge in [0.2, 0.25) is 5.88 Å². The zero-order valence-corrected chi connectivity index (χ0v) is 11.3. The van der Waals surface area contributed by atoms with Crippen LogP contribution in [0.2, 0.25) is 0 Å². The summed E-state index contributed by atoms with van der Waals surface area (Å²) in [5.41, 5.74) is 1.37. The summed E-state index contributed by atoms with van der Waals surface area (Å²) in [4.78, 5) is 14.8. The molecule has 5 nitrogen and oxygen atoms in total. The average Bonchev–Trinajstić information content (AvgIpc) is 2.52. The Morgan fingerprint density at radius 2 is 2.00 bits per heavy atom. The van der Waals surface area contributed by atoms with E-state index in [0.29, 0.717) is 29.5 Å². The standard InChI is InChI=1S/C15H15NO4/c1-18-14-8-11(9-17)5-6-13(14)20-10-12-4-3-7-16-15(12)19-2/h3-9H,10H2,1-2H3. The van der Waals surface area contributed by atoms with Crippen LogP contribution in [0.4, 0.5) is 0 Å². The van der Waals surface area contributed by atoms with Gasteiger partial charge in [0.1, 0.15) is 12.9 Å². The largest absolute Gasteiger partial charge is 0.493 e. The highest BCUT2D eigenvalue weighted by molar-refractivity contribution is 5.76. The lowest BCUT2D eigenvalue weighted by Gasteiger charge is -2.12. The van der Waals surface area contributed by atoms with Gasteiger partial charge in [-0.2, -0.15) is 0 Å². The zero-order chi connectivity index (χ0) is 14.4. The molecule has 104 valence electrons. The predicted octanol–water partition coefficient (Wildman–Crippen LogP) is 2.49. The molecular weight excluding hydrogens is 258 g/mol. The zero-order valence-electron chi connectivity index (χ0n) is 11.3. The Kier molecular flexibility index (Phi) is 4.55. The molecule has 1 aromatic carbocycles. The number of hydrogen-bond donors (Lipinski definition) is 0. The molecule has 0 amide bonds. The van der Waals surface area contributed by atoms with Gasteiger partial charge in [-0.05, 0) is 30.3 Å². The molecule has 20 heavy (non-hydrogen) atoms. The molecule has 0 unspecified atom stereocenters. The van der Waals surface area contributed by atoms with E-state index in [0.717, 1.165) is 11.8 Å². The van der Waals surface area contributed by atoms with Gasteiger partial charge in [0.25, 0.3) is 0 Å². The molecule has 0 radical (unpaired) electrons. The second kappa shape index (κ2) is 6.56. The highest BCUT2D eigenvalue weighted by Gasteiger charge is 2.08. The number of benzene rings is 1. The van der Waals surface area contributed by atoms with Crippen LogP contribution in [-0.4, -0.2) is 25.5 Å². The predicted molar refractivity (Wildman–Crippen MR) is 73.5 cm³/mol. The van der Waals surface area contributed by atoms with Crippen LogP contribution in [0, 0.1) is 0 Å². The summed E-state index contributed by atoms with van der Waals surface area (Å²) in [7, 11) is 3.09. The molecule has 0 saturated heterocycles. The maximum atomic E-state index is 10.7. The fraction of sp³-hybridized carbons (Fsp3) is 0.200. The number of nitrogens with zero attached hydrogens (tertiary/aromatic N) is 1. The summed E-state index contributed by atoms with van der Waals surface area (Å²) in [5.74, 6) is 1.59. The van der Waals surface area contributed by atoms with Crippen molar-refractivity contribution in [1.29, 1.82) is 0 Å². The quantitative estimate of drug-likeness (QED) is 0.757. The van der Waals surface area contributed by atoms with Gasteiger partial charge >= 0.3 is 0 Å². The Morgan fingerprint density at radius 3 is 2.70 bits per heavy atom. The first-order chi connectivity index (χ1) is 9.78. The van der Waals surface area contributed by atoms with Crippen molar-refractivity contribution in [2.75, 3.05) is 14.2 Å². The van der Waals surface area contributed by atoms with Crippen molar-refractivity contribution < 1.29 is 19.0 Å². The van der Waals surface area contributed by atoms with Crippen molar-refractivity contribution in [3.63, 3.8) is 0 Å². The minimum Gasteiger partial charge on any atom is -0.493 e. The SMILES string of the molecule is COc1cc(C=O)ccc1OCc1cccnc1OC. The Hall–Kier alpha value is -2.56. The summed E-state index contributed by atoms with van der Waals surface area (Å²) in [6.45, 7) is 0.299. The minimum absolute atomic E-state index is 0.299. The first kappa shape index (κ1) is 13.9. The molecule has 0 aliphatic heterocycles. The van der Waals surface area contributed by atoms with Crippen molar-refractivity contribution in [3.8, 4) is 17.4 Å². The molecule has 5 heteroatoms. The van der Waals surface area contributed by atoms with Gasteiger partial charge in [0, 0.05) is 11.8 Å². The summed E-state index contributed by atoms with van der Waals surface area (Å²) >= 11 is 0. The molecule has 2 aromatic rings. The fourth-order valence-electron chi connectivity index (χ4n) is 1.75. The van der Waals surface area contributed by atoms with Crippen LogP contribution < -0.4 is 14.2 Å².